The highest BCUT2D eigenvalue weighted by Crippen LogP contribution is 2.14. The molecule has 29 heavy (non-hydrogen) atoms. The van der Waals surface area contributed by atoms with Crippen LogP contribution in [0.3, 0.4) is 0 Å². The second kappa shape index (κ2) is 9.69. The van der Waals surface area contributed by atoms with E-state index in [4.69, 9.17) is 16.7 Å². The van der Waals surface area contributed by atoms with Gasteiger partial charge in [0.05, 0.1) is 0 Å². The number of nitrogens with zero attached hydrogens (tertiary/aromatic N) is 1. The van der Waals surface area contributed by atoms with E-state index in [1.54, 1.807) is 25.2 Å². The molecule has 7 heteroatoms. The number of H-pyrrole nitrogens is 1. The number of nitrogens with one attached hydrogen (secondary N) is 2. The number of aromatic nitrogens is 1. The van der Waals surface area contributed by atoms with E-state index < -0.39 is 0 Å². The van der Waals surface area contributed by atoms with Crippen molar-refractivity contribution in [1.29, 1.82) is 0 Å². The van der Waals surface area contributed by atoms with Crippen molar-refractivity contribution in [2.75, 3.05) is 20.2 Å². The summed E-state index contributed by atoms with van der Waals surface area (Å²) in [5.74, 6) is -0.338. The Balaban J connectivity index is 1.80. The number of carbonyl (C=O) groups is 1. The van der Waals surface area contributed by atoms with E-state index in [-0.39, 0.29) is 23.5 Å². The van der Waals surface area contributed by atoms with Gasteiger partial charge >= 0.3 is 0 Å². The summed E-state index contributed by atoms with van der Waals surface area (Å²) in [6.07, 6.45) is 2.15. The van der Waals surface area contributed by atoms with Crippen LogP contribution in [-0.2, 0) is 13.1 Å². The number of hydrogen-bond donors (Lipinski definition) is 3. The number of rotatable bonds is 8. The lowest BCUT2D eigenvalue weighted by atomic mass is 10.1. The number of fused-ring (bicyclic) bond motifs is 1. The first-order chi connectivity index (χ1) is 14.0. The number of benzene rings is 2. The van der Waals surface area contributed by atoms with Crippen LogP contribution in [-0.4, -0.2) is 41.1 Å². The molecule has 0 fully saturated rings. The van der Waals surface area contributed by atoms with Crippen molar-refractivity contribution in [3.63, 3.8) is 0 Å². The topological polar surface area (TPSA) is 85.4 Å². The molecule has 3 aromatic rings. The van der Waals surface area contributed by atoms with E-state index in [0.29, 0.717) is 42.0 Å². The Morgan fingerprint density at radius 2 is 1.90 bits per heavy atom. The van der Waals surface area contributed by atoms with Gasteiger partial charge in [-0.3, -0.25) is 9.59 Å². The van der Waals surface area contributed by atoms with Crippen molar-refractivity contribution in [1.82, 2.24) is 15.2 Å². The van der Waals surface area contributed by atoms with Gasteiger partial charge in [-0.25, -0.2) is 0 Å². The molecule has 0 unspecified atom stereocenters. The molecule has 0 bridgehead atoms. The normalized spacial score (nSPS) is 11.0. The van der Waals surface area contributed by atoms with Gasteiger partial charge in [-0.1, -0.05) is 29.8 Å². The molecule has 0 radical (unpaired) electrons. The quantitative estimate of drug-likeness (QED) is 0.496. The van der Waals surface area contributed by atoms with Crippen LogP contribution < -0.4 is 10.7 Å². The summed E-state index contributed by atoms with van der Waals surface area (Å²) in [7, 11) is 1.67. The number of carbonyl (C=O) groups excluding carboxylic acids is 1. The van der Waals surface area contributed by atoms with E-state index in [1.807, 2.05) is 24.3 Å². The number of aliphatic hydroxyl groups excluding tert-OH is 1. The third kappa shape index (κ3) is 5.23. The van der Waals surface area contributed by atoms with Gasteiger partial charge < -0.3 is 20.3 Å². The molecule has 0 aliphatic rings. The Kier molecular flexibility index (Phi) is 7.04. The van der Waals surface area contributed by atoms with Crippen LogP contribution in [0.2, 0.25) is 5.02 Å². The van der Waals surface area contributed by atoms with Crippen LogP contribution in [0.1, 0.15) is 27.9 Å². The van der Waals surface area contributed by atoms with Crippen molar-refractivity contribution >= 4 is 28.4 Å². The Morgan fingerprint density at radius 3 is 2.62 bits per heavy atom. The first-order valence-electron chi connectivity index (χ1n) is 9.45. The molecule has 1 heterocycles. The number of pyridine rings is 1. The van der Waals surface area contributed by atoms with Crippen molar-refractivity contribution in [2.24, 2.45) is 0 Å². The summed E-state index contributed by atoms with van der Waals surface area (Å²) < 4.78 is 0. The lowest BCUT2D eigenvalue weighted by Crippen LogP contribution is -2.30. The summed E-state index contributed by atoms with van der Waals surface area (Å²) in [6, 6.07) is 12.8. The van der Waals surface area contributed by atoms with Gasteiger partial charge in [-0.15, -0.1) is 0 Å². The van der Waals surface area contributed by atoms with Gasteiger partial charge in [-0.2, -0.15) is 0 Å². The predicted molar refractivity (Wildman–Crippen MR) is 115 cm³/mol. The number of amides is 1. The number of aromatic amines is 1. The van der Waals surface area contributed by atoms with Gasteiger partial charge in [0, 0.05) is 48.9 Å². The third-order valence-corrected chi connectivity index (χ3v) is 4.95. The van der Waals surface area contributed by atoms with E-state index >= 15 is 0 Å². The number of aliphatic hydroxyl groups is 1. The first-order valence-corrected chi connectivity index (χ1v) is 9.83. The third-order valence-electron chi connectivity index (χ3n) is 4.70. The molecular weight excluding hydrogens is 390 g/mol. The molecule has 3 rings (SSSR count). The average Bonchev–Trinajstić information content (AvgIpc) is 2.73. The molecular formula is C22H24ClN3O3. The molecule has 1 aromatic heterocycles. The van der Waals surface area contributed by atoms with Gasteiger partial charge in [0.2, 0.25) is 5.43 Å². The Hall–Kier alpha value is -2.67. The minimum absolute atomic E-state index is 0.111. The second-order valence-corrected chi connectivity index (χ2v) is 7.39. The highest BCUT2D eigenvalue weighted by molar-refractivity contribution is 6.30. The second-order valence-electron chi connectivity index (χ2n) is 6.95. The Labute approximate surface area is 174 Å². The molecule has 0 saturated carbocycles. The van der Waals surface area contributed by atoms with Crippen molar-refractivity contribution in [2.45, 2.75) is 19.5 Å². The van der Waals surface area contributed by atoms with E-state index in [2.05, 4.69) is 10.3 Å². The van der Waals surface area contributed by atoms with Crippen LogP contribution in [0.25, 0.3) is 10.9 Å². The lowest BCUT2D eigenvalue weighted by Gasteiger charge is -2.17. The Bertz CT molecular complexity index is 1050. The molecule has 2 aromatic carbocycles. The maximum Gasteiger partial charge on any atom is 0.259 e. The molecule has 0 aliphatic carbocycles. The molecule has 6 nitrogen and oxygen atoms in total. The highest BCUT2D eigenvalue weighted by Gasteiger charge is 2.17. The van der Waals surface area contributed by atoms with Crippen molar-refractivity contribution in [3.05, 3.63) is 80.6 Å². The minimum Gasteiger partial charge on any atom is -0.396 e. The van der Waals surface area contributed by atoms with E-state index in [9.17, 15) is 9.59 Å². The largest absolute Gasteiger partial charge is 0.396 e. The highest BCUT2D eigenvalue weighted by atomic mass is 35.5. The zero-order chi connectivity index (χ0) is 20.8. The summed E-state index contributed by atoms with van der Waals surface area (Å²) in [5, 5.41) is 13.2. The van der Waals surface area contributed by atoms with Crippen molar-refractivity contribution < 1.29 is 9.90 Å². The fourth-order valence-corrected chi connectivity index (χ4v) is 3.24. The molecule has 3 N–H and O–H groups in total. The summed E-state index contributed by atoms with van der Waals surface area (Å²) in [4.78, 5) is 30.4. The lowest BCUT2D eigenvalue weighted by molar-refractivity contribution is 0.0783. The van der Waals surface area contributed by atoms with Gasteiger partial charge in [0.1, 0.15) is 5.56 Å². The SMILES string of the molecule is CN(Cc1ccc(Cl)cc1)C(=O)c1c[nH]c2ccc(CNCCCO)cc2c1=O. The fourth-order valence-electron chi connectivity index (χ4n) is 3.11. The first kappa shape index (κ1) is 21.0. The van der Waals surface area contributed by atoms with Crippen LogP contribution >= 0.6 is 11.6 Å². The summed E-state index contributed by atoms with van der Waals surface area (Å²) in [6.45, 7) is 1.80. The summed E-state index contributed by atoms with van der Waals surface area (Å²) >= 11 is 5.90. The van der Waals surface area contributed by atoms with Crippen LogP contribution in [0.4, 0.5) is 0 Å². The minimum atomic E-state index is -0.338. The van der Waals surface area contributed by atoms with Gasteiger partial charge in [-0.05, 0) is 48.4 Å². The molecule has 1 amide bonds. The molecule has 0 saturated heterocycles. The zero-order valence-electron chi connectivity index (χ0n) is 16.2. The molecule has 0 atom stereocenters. The molecule has 152 valence electrons. The monoisotopic (exact) mass is 413 g/mol. The predicted octanol–water partition coefficient (Wildman–Crippen LogP) is 2.93. The Morgan fingerprint density at radius 1 is 1.17 bits per heavy atom. The van der Waals surface area contributed by atoms with E-state index in [1.165, 1.54) is 11.1 Å². The number of halogens is 1. The smallest absolute Gasteiger partial charge is 0.259 e. The van der Waals surface area contributed by atoms with Gasteiger partial charge in [0.15, 0.2) is 0 Å². The van der Waals surface area contributed by atoms with E-state index in [0.717, 1.165) is 11.1 Å². The standard InChI is InChI=1S/C22H24ClN3O3/c1-26(14-15-3-6-17(23)7-4-15)22(29)19-13-25-20-8-5-16(11-18(20)21(19)28)12-24-9-2-10-27/h3-8,11,13,24,27H,2,9-10,12,14H2,1H3,(H,25,28). The molecule has 0 aliphatic heterocycles. The fraction of sp³-hybridized carbons (Fsp3) is 0.273. The van der Waals surface area contributed by atoms with Crippen molar-refractivity contribution in [3.8, 4) is 0 Å². The maximum atomic E-state index is 13.0. The van der Waals surface area contributed by atoms with Gasteiger partial charge in [0.25, 0.3) is 5.91 Å². The van der Waals surface area contributed by atoms with Crippen LogP contribution in [0, 0.1) is 0 Å². The number of hydrogen-bond acceptors (Lipinski definition) is 4. The average molecular weight is 414 g/mol. The summed E-state index contributed by atoms with van der Waals surface area (Å²) in [5.41, 5.74) is 2.38. The van der Waals surface area contributed by atoms with Crippen LogP contribution in [0.15, 0.2) is 53.5 Å². The maximum absolute atomic E-state index is 13.0. The molecule has 0 spiro atoms. The zero-order valence-corrected chi connectivity index (χ0v) is 17.0. The van der Waals surface area contributed by atoms with Crippen LogP contribution in [0.5, 0.6) is 0 Å².